The Balaban J connectivity index is 2.32. The Kier molecular flexibility index (Phi) is 5.36. The molecule has 132 valence electrons. The van der Waals surface area contributed by atoms with Crippen molar-refractivity contribution in [3.63, 3.8) is 0 Å². The lowest BCUT2D eigenvalue weighted by atomic mass is 10.1. The van der Waals surface area contributed by atoms with Crippen LogP contribution in [0.3, 0.4) is 0 Å². The molecule has 25 heavy (non-hydrogen) atoms. The molecule has 7 nitrogen and oxygen atoms in total. The zero-order chi connectivity index (χ0) is 18.6. The van der Waals surface area contributed by atoms with Gasteiger partial charge in [-0.1, -0.05) is 12.1 Å². The molecule has 0 aliphatic rings. The van der Waals surface area contributed by atoms with Gasteiger partial charge in [0.15, 0.2) is 0 Å². The van der Waals surface area contributed by atoms with Crippen LogP contribution in [0.4, 0.5) is 22.1 Å². The van der Waals surface area contributed by atoms with Gasteiger partial charge < -0.3 is 15.5 Å². The number of carbonyl (C=O) groups is 1. The minimum Gasteiger partial charge on any atom is -0.444 e. The van der Waals surface area contributed by atoms with Crippen molar-refractivity contribution in [2.24, 2.45) is 0 Å². The minimum atomic E-state index is -0.629. The van der Waals surface area contributed by atoms with Crippen LogP contribution in [0.2, 0.25) is 0 Å². The van der Waals surface area contributed by atoms with E-state index in [-0.39, 0.29) is 11.5 Å². The predicted octanol–water partition coefficient (Wildman–Crippen LogP) is 4.26. The molecule has 0 fully saturated rings. The average molecular weight is 341 g/mol. The number of benzene rings is 1. The molecule has 1 heterocycles. The molecule has 2 rings (SSSR count). The van der Waals surface area contributed by atoms with Gasteiger partial charge >= 0.3 is 6.09 Å². The van der Waals surface area contributed by atoms with E-state index in [1.54, 1.807) is 27.7 Å². The van der Waals surface area contributed by atoms with E-state index in [9.17, 15) is 4.79 Å². The Hall–Kier alpha value is -2.96. The lowest BCUT2D eigenvalue weighted by Gasteiger charge is -2.20. The first-order valence-corrected chi connectivity index (χ1v) is 7.90. The number of aryl methyl sites for hydroxylation is 1. The zero-order valence-electron chi connectivity index (χ0n) is 15.1. The van der Waals surface area contributed by atoms with Crippen molar-refractivity contribution in [3.05, 3.63) is 41.7 Å². The second-order valence-electron chi connectivity index (χ2n) is 6.69. The number of rotatable bonds is 4. The molecule has 0 spiro atoms. The summed E-state index contributed by atoms with van der Waals surface area (Å²) in [7, 11) is 0. The average Bonchev–Trinajstić information content (AvgIpc) is 2.44. The fourth-order valence-corrected chi connectivity index (χ4v) is 2.19. The van der Waals surface area contributed by atoms with Crippen molar-refractivity contribution in [2.75, 3.05) is 10.6 Å². The number of anilines is 3. The predicted molar refractivity (Wildman–Crippen MR) is 98.9 cm³/mol. The molecule has 0 aliphatic carbocycles. The van der Waals surface area contributed by atoms with E-state index in [1.165, 1.54) is 6.33 Å². The van der Waals surface area contributed by atoms with Gasteiger partial charge in [0.05, 0.1) is 5.56 Å². The van der Waals surface area contributed by atoms with Crippen LogP contribution in [0.25, 0.3) is 0 Å². The van der Waals surface area contributed by atoms with Crippen LogP contribution in [-0.2, 0) is 4.74 Å². The summed E-state index contributed by atoms with van der Waals surface area (Å²) in [6.45, 7) is 8.93. The molecular weight excluding hydrogens is 318 g/mol. The molecule has 0 bridgehead atoms. The van der Waals surface area contributed by atoms with Gasteiger partial charge in [-0.25, -0.2) is 14.8 Å². The van der Waals surface area contributed by atoms with Crippen LogP contribution in [-0.4, -0.2) is 27.4 Å². The van der Waals surface area contributed by atoms with Crippen LogP contribution in [0.1, 0.15) is 38.8 Å². The van der Waals surface area contributed by atoms with Gasteiger partial charge in [-0.05, 0) is 52.3 Å². The standard InChI is InChI=1S/C18H23N5O2/c1-11-7-6-8-13(9-11)22-15-14(12(2)19)16(21-10-20-15)23-17(24)25-18(3,4)5/h6-10,19H,1-5H3,(H2,20,21,22,23,24). The molecule has 1 aromatic carbocycles. The zero-order valence-corrected chi connectivity index (χ0v) is 15.1. The molecule has 1 aromatic heterocycles. The van der Waals surface area contributed by atoms with E-state index < -0.39 is 11.7 Å². The highest BCUT2D eigenvalue weighted by molar-refractivity contribution is 6.07. The fourth-order valence-electron chi connectivity index (χ4n) is 2.19. The van der Waals surface area contributed by atoms with Crippen LogP contribution in [0, 0.1) is 12.3 Å². The number of nitrogens with zero attached hydrogens (tertiary/aromatic N) is 2. The molecule has 0 radical (unpaired) electrons. The van der Waals surface area contributed by atoms with E-state index in [2.05, 4.69) is 20.6 Å². The molecular formula is C18H23N5O2. The number of nitrogens with one attached hydrogen (secondary N) is 3. The van der Waals surface area contributed by atoms with E-state index >= 15 is 0 Å². The molecule has 0 unspecified atom stereocenters. The van der Waals surface area contributed by atoms with Crippen molar-refractivity contribution in [2.45, 2.75) is 40.2 Å². The first-order chi connectivity index (χ1) is 11.7. The highest BCUT2D eigenvalue weighted by Crippen LogP contribution is 2.25. The molecule has 0 atom stereocenters. The quantitative estimate of drug-likeness (QED) is 0.721. The third-order valence-corrected chi connectivity index (χ3v) is 3.12. The molecule has 7 heteroatoms. The first kappa shape index (κ1) is 18.4. The smallest absolute Gasteiger partial charge is 0.413 e. The molecule has 0 saturated heterocycles. The van der Waals surface area contributed by atoms with Gasteiger partial charge in [0.25, 0.3) is 0 Å². The number of carbonyl (C=O) groups excluding carboxylic acids is 1. The molecule has 2 aromatic rings. The SMILES string of the molecule is CC(=N)c1c(NC(=O)OC(C)(C)C)ncnc1Nc1cccc(C)c1. The summed E-state index contributed by atoms with van der Waals surface area (Å²) in [6, 6.07) is 7.78. The normalized spacial score (nSPS) is 10.9. The Morgan fingerprint density at radius 1 is 1.20 bits per heavy atom. The van der Waals surface area contributed by atoms with Crippen molar-refractivity contribution in [1.29, 1.82) is 5.41 Å². The maximum absolute atomic E-state index is 12.0. The molecule has 3 N–H and O–H groups in total. The van der Waals surface area contributed by atoms with Gasteiger partial charge in [-0.15, -0.1) is 0 Å². The summed E-state index contributed by atoms with van der Waals surface area (Å²) in [5.41, 5.74) is 1.94. The van der Waals surface area contributed by atoms with Crippen molar-refractivity contribution in [3.8, 4) is 0 Å². The van der Waals surface area contributed by atoms with Crippen molar-refractivity contribution < 1.29 is 9.53 Å². The second kappa shape index (κ2) is 7.29. The molecule has 1 amide bonds. The topological polar surface area (TPSA) is 100.0 Å². The summed E-state index contributed by atoms with van der Waals surface area (Å²) >= 11 is 0. The van der Waals surface area contributed by atoms with E-state index in [1.807, 2.05) is 31.2 Å². The first-order valence-electron chi connectivity index (χ1n) is 7.90. The third kappa shape index (κ3) is 5.27. The lowest BCUT2D eigenvalue weighted by Crippen LogP contribution is -2.28. The summed E-state index contributed by atoms with van der Waals surface area (Å²) in [5, 5.41) is 13.8. The van der Waals surface area contributed by atoms with Crippen LogP contribution < -0.4 is 10.6 Å². The Bertz CT molecular complexity index is 796. The fraction of sp³-hybridized carbons (Fsp3) is 0.333. The number of hydrogen-bond donors (Lipinski definition) is 3. The van der Waals surface area contributed by atoms with Crippen LogP contribution in [0.15, 0.2) is 30.6 Å². The number of hydrogen-bond acceptors (Lipinski definition) is 6. The highest BCUT2D eigenvalue weighted by Gasteiger charge is 2.20. The summed E-state index contributed by atoms with van der Waals surface area (Å²) in [4.78, 5) is 20.3. The number of ether oxygens (including phenoxy) is 1. The van der Waals surface area contributed by atoms with Crippen LogP contribution >= 0.6 is 0 Å². The highest BCUT2D eigenvalue weighted by atomic mass is 16.6. The van der Waals surface area contributed by atoms with Crippen molar-refractivity contribution in [1.82, 2.24) is 9.97 Å². The van der Waals surface area contributed by atoms with Gasteiger partial charge in [0, 0.05) is 11.4 Å². The molecule has 0 saturated carbocycles. The third-order valence-electron chi connectivity index (χ3n) is 3.12. The lowest BCUT2D eigenvalue weighted by molar-refractivity contribution is 0.0635. The number of amides is 1. The van der Waals surface area contributed by atoms with Crippen LogP contribution in [0.5, 0.6) is 0 Å². The van der Waals surface area contributed by atoms with Gasteiger partial charge in [-0.2, -0.15) is 0 Å². The van der Waals surface area contributed by atoms with Gasteiger partial charge in [0.2, 0.25) is 0 Å². The van der Waals surface area contributed by atoms with Crippen molar-refractivity contribution >= 4 is 29.1 Å². The second-order valence-corrected chi connectivity index (χ2v) is 6.69. The maximum Gasteiger partial charge on any atom is 0.413 e. The summed E-state index contributed by atoms with van der Waals surface area (Å²) in [6.07, 6.45) is 0.701. The van der Waals surface area contributed by atoms with Gasteiger partial charge in [-0.3, -0.25) is 5.32 Å². The van der Waals surface area contributed by atoms with E-state index in [0.29, 0.717) is 11.4 Å². The van der Waals surface area contributed by atoms with E-state index in [0.717, 1.165) is 11.3 Å². The number of aromatic nitrogens is 2. The Morgan fingerprint density at radius 2 is 1.88 bits per heavy atom. The Labute approximate surface area is 147 Å². The summed E-state index contributed by atoms with van der Waals surface area (Å²) < 4.78 is 5.25. The largest absolute Gasteiger partial charge is 0.444 e. The Morgan fingerprint density at radius 3 is 2.48 bits per heavy atom. The summed E-state index contributed by atoms with van der Waals surface area (Å²) in [5.74, 6) is 0.672. The molecule has 0 aliphatic heterocycles. The van der Waals surface area contributed by atoms with E-state index in [4.69, 9.17) is 10.1 Å². The minimum absolute atomic E-state index is 0.224. The maximum atomic E-state index is 12.0. The monoisotopic (exact) mass is 341 g/mol. The van der Waals surface area contributed by atoms with Gasteiger partial charge in [0.1, 0.15) is 23.6 Å².